The predicted octanol–water partition coefficient (Wildman–Crippen LogP) is -0.0853. The van der Waals surface area contributed by atoms with E-state index in [1.165, 1.54) is 10.6 Å². The summed E-state index contributed by atoms with van der Waals surface area (Å²) in [6.45, 7) is 5.74. The van der Waals surface area contributed by atoms with Gasteiger partial charge in [0.1, 0.15) is 0 Å². The molecule has 112 valence electrons. The molecular formula is C12H25N3O3S. The van der Waals surface area contributed by atoms with Crippen LogP contribution >= 0.6 is 0 Å². The number of amides is 1. The van der Waals surface area contributed by atoms with Crippen molar-refractivity contribution in [1.29, 1.82) is 0 Å². The SMILES string of the molecule is CC(C)NCCC(=O)NC1CCN(S(C)(=O)=O)CC1. The van der Waals surface area contributed by atoms with Gasteiger partial charge in [-0.3, -0.25) is 4.79 Å². The molecule has 0 aromatic carbocycles. The minimum Gasteiger partial charge on any atom is -0.353 e. The van der Waals surface area contributed by atoms with Gasteiger partial charge in [0.2, 0.25) is 15.9 Å². The molecule has 0 aromatic heterocycles. The molecule has 1 aliphatic rings. The van der Waals surface area contributed by atoms with Gasteiger partial charge in [0.15, 0.2) is 0 Å². The van der Waals surface area contributed by atoms with Crippen molar-refractivity contribution in [1.82, 2.24) is 14.9 Å². The van der Waals surface area contributed by atoms with Crippen molar-refractivity contribution in [3.05, 3.63) is 0 Å². The van der Waals surface area contributed by atoms with Crippen molar-refractivity contribution < 1.29 is 13.2 Å². The maximum Gasteiger partial charge on any atom is 0.221 e. The van der Waals surface area contributed by atoms with Gasteiger partial charge < -0.3 is 10.6 Å². The van der Waals surface area contributed by atoms with Crippen LogP contribution in [0.25, 0.3) is 0 Å². The van der Waals surface area contributed by atoms with Crippen LogP contribution in [0.5, 0.6) is 0 Å². The highest BCUT2D eigenvalue weighted by atomic mass is 32.2. The van der Waals surface area contributed by atoms with Gasteiger partial charge in [-0.25, -0.2) is 12.7 Å². The zero-order chi connectivity index (χ0) is 14.5. The second-order valence-corrected chi connectivity index (χ2v) is 7.35. The minimum atomic E-state index is -3.09. The zero-order valence-corrected chi connectivity index (χ0v) is 12.8. The van der Waals surface area contributed by atoms with Crippen LogP contribution in [0, 0.1) is 0 Å². The van der Waals surface area contributed by atoms with Gasteiger partial charge in [-0.2, -0.15) is 0 Å². The average Bonchev–Trinajstić information content (AvgIpc) is 2.27. The molecule has 1 saturated heterocycles. The number of carbonyl (C=O) groups is 1. The number of sulfonamides is 1. The van der Waals surface area contributed by atoms with Crippen LogP contribution in [0.15, 0.2) is 0 Å². The lowest BCUT2D eigenvalue weighted by Crippen LogP contribution is -2.46. The van der Waals surface area contributed by atoms with Crippen molar-refractivity contribution in [3.63, 3.8) is 0 Å². The first-order valence-electron chi connectivity index (χ1n) is 6.77. The fourth-order valence-electron chi connectivity index (χ4n) is 2.11. The fourth-order valence-corrected chi connectivity index (χ4v) is 2.98. The molecule has 2 N–H and O–H groups in total. The number of rotatable bonds is 6. The number of hydrogen-bond acceptors (Lipinski definition) is 4. The molecule has 7 heteroatoms. The van der Waals surface area contributed by atoms with Gasteiger partial charge in [0.05, 0.1) is 6.26 Å². The van der Waals surface area contributed by atoms with E-state index in [0.29, 0.717) is 44.9 Å². The molecular weight excluding hydrogens is 266 g/mol. The van der Waals surface area contributed by atoms with Gasteiger partial charge >= 0.3 is 0 Å². The normalized spacial score (nSPS) is 18.7. The highest BCUT2D eigenvalue weighted by Gasteiger charge is 2.25. The highest BCUT2D eigenvalue weighted by molar-refractivity contribution is 7.88. The fraction of sp³-hybridized carbons (Fsp3) is 0.917. The van der Waals surface area contributed by atoms with Crippen LogP contribution in [-0.2, 0) is 14.8 Å². The van der Waals surface area contributed by atoms with Crippen molar-refractivity contribution in [2.75, 3.05) is 25.9 Å². The molecule has 1 rings (SSSR count). The Morgan fingerprint density at radius 1 is 1.32 bits per heavy atom. The Kier molecular flexibility index (Phi) is 6.22. The monoisotopic (exact) mass is 291 g/mol. The van der Waals surface area contributed by atoms with E-state index >= 15 is 0 Å². The third-order valence-electron chi connectivity index (χ3n) is 3.19. The molecule has 1 fully saturated rings. The Morgan fingerprint density at radius 3 is 2.37 bits per heavy atom. The smallest absolute Gasteiger partial charge is 0.221 e. The summed E-state index contributed by atoms with van der Waals surface area (Å²) in [5.74, 6) is 0.0333. The van der Waals surface area contributed by atoms with Crippen LogP contribution in [0.3, 0.4) is 0 Å². The van der Waals surface area contributed by atoms with Gasteiger partial charge in [0, 0.05) is 38.1 Å². The van der Waals surface area contributed by atoms with E-state index in [1.54, 1.807) is 0 Å². The van der Waals surface area contributed by atoms with E-state index in [4.69, 9.17) is 0 Å². The Hall–Kier alpha value is -0.660. The van der Waals surface area contributed by atoms with Crippen LogP contribution in [-0.4, -0.2) is 56.6 Å². The Balaban J connectivity index is 2.24. The largest absolute Gasteiger partial charge is 0.353 e. The van der Waals surface area contributed by atoms with Crippen molar-refractivity contribution in [2.45, 2.75) is 45.2 Å². The lowest BCUT2D eigenvalue weighted by molar-refractivity contribution is -0.121. The van der Waals surface area contributed by atoms with Gasteiger partial charge in [-0.1, -0.05) is 13.8 Å². The van der Waals surface area contributed by atoms with Gasteiger partial charge in [0.25, 0.3) is 0 Å². The summed E-state index contributed by atoms with van der Waals surface area (Å²) in [4.78, 5) is 11.7. The Bertz CT molecular complexity index is 387. The summed E-state index contributed by atoms with van der Waals surface area (Å²) >= 11 is 0. The lowest BCUT2D eigenvalue weighted by Gasteiger charge is -2.30. The second kappa shape index (κ2) is 7.21. The molecule has 1 heterocycles. The van der Waals surface area contributed by atoms with Crippen LogP contribution in [0.2, 0.25) is 0 Å². The summed E-state index contributed by atoms with van der Waals surface area (Å²) < 4.78 is 24.2. The first-order valence-corrected chi connectivity index (χ1v) is 8.61. The average molecular weight is 291 g/mol. The van der Waals surface area contributed by atoms with Crippen molar-refractivity contribution >= 4 is 15.9 Å². The molecule has 0 atom stereocenters. The molecule has 0 saturated carbocycles. The number of piperidine rings is 1. The molecule has 1 amide bonds. The predicted molar refractivity (Wildman–Crippen MR) is 75.3 cm³/mol. The maximum absolute atomic E-state index is 11.7. The molecule has 0 aliphatic carbocycles. The quantitative estimate of drug-likeness (QED) is 0.717. The maximum atomic E-state index is 11.7. The van der Waals surface area contributed by atoms with E-state index in [9.17, 15) is 13.2 Å². The highest BCUT2D eigenvalue weighted by Crippen LogP contribution is 2.13. The standard InChI is InChI=1S/C12H25N3O3S/c1-10(2)13-7-4-12(16)14-11-5-8-15(9-6-11)19(3,17)18/h10-11,13H,4-9H2,1-3H3,(H,14,16). The third-order valence-corrected chi connectivity index (χ3v) is 4.50. The van der Waals surface area contributed by atoms with E-state index < -0.39 is 10.0 Å². The number of carbonyl (C=O) groups excluding carboxylic acids is 1. The molecule has 6 nitrogen and oxygen atoms in total. The molecule has 19 heavy (non-hydrogen) atoms. The van der Waals surface area contributed by atoms with E-state index in [-0.39, 0.29) is 11.9 Å². The molecule has 0 spiro atoms. The van der Waals surface area contributed by atoms with Crippen LogP contribution < -0.4 is 10.6 Å². The summed E-state index contributed by atoms with van der Waals surface area (Å²) in [7, 11) is -3.09. The summed E-state index contributed by atoms with van der Waals surface area (Å²) in [5.41, 5.74) is 0. The first kappa shape index (κ1) is 16.4. The molecule has 0 radical (unpaired) electrons. The summed E-state index contributed by atoms with van der Waals surface area (Å²) in [6.07, 6.45) is 3.07. The molecule has 0 unspecified atom stereocenters. The number of hydrogen-bond donors (Lipinski definition) is 2. The topological polar surface area (TPSA) is 78.5 Å². The first-order chi connectivity index (χ1) is 8.79. The van der Waals surface area contributed by atoms with E-state index in [1.807, 2.05) is 13.8 Å². The van der Waals surface area contributed by atoms with Gasteiger partial charge in [-0.05, 0) is 12.8 Å². The Morgan fingerprint density at radius 2 is 1.89 bits per heavy atom. The van der Waals surface area contributed by atoms with Crippen LogP contribution in [0.4, 0.5) is 0 Å². The van der Waals surface area contributed by atoms with Crippen LogP contribution in [0.1, 0.15) is 33.1 Å². The molecule has 0 aromatic rings. The van der Waals surface area contributed by atoms with E-state index in [2.05, 4.69) is 10.6 Å². The zero-order valence-electron chi connectivity index (χ0n) is 12.0. The third kappa shape index (κ3) is 6.35. The number of nitrogens with one attached hydrogen (secondary N) is 2. The van der Waals surface area contributed by atoms with E-state index in [0.717, 1.165) is 0 Å². The minimum absolute atomic E-state index is 0.0333. The second-order valence-electron chi connectivity index (χ2n) is 5.36. The lowest BCUT2D eigenvalue weighted by atomic mass is 10.1. The van der Waals surface area contributed by atoms with Gasteiger partial charge in [-0.15, -0.1) is 0 Å². The van der Waals surface area contributed by atoms with Crippen molar-refractivity contribution in [2.24, 2.45) is 0 Å². The Labute approximate surface area is 116 Å². The number of nitrogens with zero attached hydrogens (tertiary/aromatic N) is 1. The summed E-state index contributed by atoms with van der Waals surface area (Å²) in [5, 5.41) is 6.16. The molecule has 0 bridgehead atoms. The molecule has 1 aliphatic heterocycles. The summed E-state index contributed by atoms with van der Waals surface area (Å²) in [6, 6.07) is 0.482. The van der Waals surface area contributed by atoms with Crippen molar-refractivity contribution in [3.8, 4) is 0 Å².